The van der Waals surface area contributed by atoms with Gasteiger partial charge in [0, 0.05) is 12.1 Å². The first-order valence-electron chi connectivity index (χ1n) is 6.41. The first-order chi connectivity index (χ1) is 9.48. The maximum absolute atomic E-state index is 12.6. The third-order valence-electron chi connectivity index (χ3n) is 3.63. The van der Waals surface area contributed by atoms with Crippen LogP contribution in [0.15, 0.2) is 30.3 Å². The van der Waals surface area contributed by atoms with Crippen molar-refractivity contribution in [2.24, 2.45) is 5.73 Å². The Labute approximate surface area is 117 Å². The Morgan fingerprint density at radius 2 is 2.05 bits per heavy atom. The Kier molecular flexibility index (Phi) is 4.17. The van der Waals surface area contributed by atoms with Gasteiger partial charge in [-0.05, 0) is 6.92 Å². The molecule has 2 rings (SSSR count). The van der Waals surface area contributed by atoms with Crippen molar-refractivity contribution in [2.75, 3.05) is 19.8 Å². The number of carboxylic acid groups (broad SMARTS) is 1. The van der Waals surface area contributed by atoms with Gasteiger partial charge in [-0.25, -0.2) is 4.79 Å². The summed E-state index contributed by atoms with van der Waals surface area (Å²) >= 11 is 0. The summed E-state index contributed by atoms with van der Waals surface area (Å²) in [6.45, 7) is 2.28. The van der Waals surface area contributed by atoms with Gasteiger partial charge in [-0.1, -0.05) is 30.3 Å². The standard InChI is InChI=1S/C14H18N2O4/c1-14(13(18)19,16-7-8-20-9-11(16)15)12(17)10-5-3-2-4-6-10/h2-6,11H,7-9,15H2,1H3,(H,18,19). The Balaban J connectivity index is 2.39. The van der Waals surface area contributed by atoms with E-state index in [2.05, 4.69) is 0 Å². The van der Waals surface area contributed by atoms with Gasteiger partial charge in [0.1, 0.15) is 0 Å². The number of carboxylic acids is 1. The summed E-state index contributed by atoms with van der Waals surface area (Å²) in [6, 6.07) is 8.39. The second kappa shape index (κ2) is 5.70. The van der Waals surface area contributed by atoms with Crippen LogP contribution in [0.25, 0.3) is 0 Å². The number of rotatable bonds is 4. The Bertz CT molecular complexity index is 505. The molecule has 6 nitrogen and oxygen atoms in total. The minimum atomic E-state index is -1.69. The van der Waals surface area contributed by atoms with Crippen LogP contribution in [0.5, 0.6) is 0 Å². The van der Waals surface area contributed by atoms with Crippen LogP contribution < -0.4 is 5.73 Å². The SMILES string of the molecule is CC(C(=O)O)(C(=O)c1ccccc1)N1CCOCC1N. The molecule has 108 valence electrons. The maximum atomic E-state index is 12.6. The predicted octanol–water partition coefficient (Wildman–Crippen LogP) is 0.330. The number of carbonyl (C=O) groups excluding carboxylic acids is 1. The minimum absolute atomic E-state index is 0.213. The minimum Gasteiger partial charge on any atom is -0.480 e. The predicted molar refractivity (Wildman–Crippen MR) is 72.3 cm³/mol. The number of nitrogens with two attached hydrogens (primary N) is 1. The number of hydrogen-bond donors (Lipinski definition) is 2. The zero-order valence-electron chi connectivity index (χ0n) is 11.3. The number of nitrogens with zero attached hydrogens (tertiary/aromatic N) is 1. The second-order valence-corrected chi connectivity index (χ2v) is 4.91. The van der Waals surface area contributed by atoms with Gasteiger partial charge in [-0.15, -0.1) is 0 Å². The molecule has 2 unspecified atom stereocenters. The van der Waals surface area contributed by atoms with Crippen LogP contribution in [-0.4, -0.2) is 53.2 Å². The molecule has 1 fully saturated rings. The summed E-state index contributed by atoms with van der Waals surface area (Å²) in [4.78, 5) is 25.9. The monoisotopic (exact) mass is 278 g/mol. The lowest BCUT2D eigenvalue weighted by atomic mass is 9.88. The van der Waals surface area contributed by atoms with Crippen molar-refractivity contribution in [3.63, 3.8) is 0 Å². The molecule has 0 aromatic heterocycles. The van der Waals surface area contributed by atoms with Gasteiger partial charge in [-0.3, -0.25) is 9.69 Å². The molecule has 1 aromatic rings. The van der Waals surface area contributed by atoms with Crippen LogP contribution in [0.2, 0.25) is 0 Å². The Morgan fingerprint density at radius 1 is 1.40 bits per heavy atom. The zero-order chi connectivity index (χ0) is 14.8. The van der Waals surface area contributed by atoms with Gasteiger partial charge in [0.05, 0.1) is 19.4 Å². The lowest BCUT2D eigenvalue weighted by Gasteiger charge is -2.42. The van der Waals surface area contributed by atoms with Crippen molar-refractivity contribution in [3.8, 4) is 0 Å². The second-order valence-electron chi connectivity index (χ2n) is 4.91. The number of hydrogen-bond acceptors (Lipinski definition) is 5. The van der Waals surface area contributed by atoms with Crippen molar-refractivity contribution in [1.82, 2.24) is 4.90 Å². The summed E-state index contributed by atoms with van der Waals surface area (Å²) in [7, 11) is 0. The van der Waals surface area contributed by atoms with Gasteiger partial charge >= 0.3 is 5.97 Å². The fraction of sp³-hybridized carbons (Fsp3) is 0.429. The molecule has 0 aliphatic carbocycles. The molecule has 0 amide bonds. The number of aliphatic carboxylic acids is 1. The molecule has 1 aromatic carbocycles. The number of ether oxygens (including phenoxy) is 1. The first-order valence-corrected chi connectivity index (χ1v) is 6.41. The normalized spacial score (nSPS) is 23.0. The fourth-order valence-electron chi connectivity index (χ4n) is 2.40. The van der Waals surface area contributed by atoms with Crippen LogP contribution in [0.1, 0.15) is 17.3 Å². The van der Waals surface area contributed by atoms with E-state index in [1.165, 1.54) is 11.8 Å². The lowest BCUT2D eigenvalue weighted by Crippen LogP contribution is -2.66. The van der Waals surface area contributed by atoms with Crippen molar-refractivity contribution >= 4 is 11.8 Å². The third-order valence-corrected chi connectivity index (χ3v) is 3.63. The molecule has 1 saturated heterocycles. The molecule has 0 spiro atoms. The fourth-order valence-corrected chi connectivity index (χ4v) is 2.40. The largest absolute Gasteiger partial charge is 0.480 e. The third kappa shape index (κ3) is 2.45. The summed E-state index contributed by atoms with van der Waals surface area (Å²) < 4.78 is 5.20. The molecule has 0 radical (unpaired) electrons. The summed E-state index contributed by atoms with van der Waals surface area (Å²) in [5.41, 5.74) is 4.57. The van der Waals surface area contributed by atoms with Crippen LogP contribution in [0.3, 0.4) is 0 Å². The number of benzene rings is 1. The number of morpholine rings is 1. The summed E-state index contributed by atoms with van der Waals surface area (Å²) in [5, 5.41) is 9.58. The van der Waals surface area contributed by atoms with E-state index in [0.29, 0.717) is 18.7 Å². The smallest absolute Gasteiger partial charge is 0.332 e. The highest BCUT2D eigenvalue weighted by Crippen LogP contribution is 2.24. The molecule has 1 aliphatic heterocycles. The summed E-state index contributed by atoms with van der Waals surface area (Å²) in [6.07, 6.45) is -0.613. The van der Waals surface area contributed by atoms with E-state index in [4.69, 9.17) is 10.5 Å². The van der Waals surface area contributed by atoms with Crippen molar-refractivity contribution in [2.45, 2.75) is 18.6 Å². The number of Topliss-reactive ketones (excluding diaryl/α,β-unsaturated/α-hetero) is 1. The van der Waals surface area contributed by atoms with E-state index in [1.54, 1.807) is 30.3 Å². The molecule has 1 heterocycles. The molecular weight excluding hydrogens is 260 g/mol. The molecule has 6 heteroatoms. The van der Waals surface area contributed by atoms with E-state index < -0.39 is 23.5 Å². The average Bonchev–Trinajstić information content (AvgIpc) is 2.47. The lowest BCUT2D eigenvalue weighted by molar-refractivity contribution is -0.152. The molecular formula is C14H18N2O4. The van der Waals surface area contributed by atoms with Gasteiger partial charge in [0.2, 0.25) is 0 Å². The molecule has 1 aliphatic rings. The van der Waals surface area contributed by atoms with Gasteiger partial charge in [-0.2, -0.15) is 0 Å². The van der Waals surface area contributed by atoms with Gasteiger partial charge in [0.25, 0.3) is 0 Å². The Hall–Kier alpha value is -1.76. The van der Waals surface area contributed by atoms with Gasteiger partial charge in [0.15, 0.2) is 11.3 Å². The molecule has 3 N–H and O–H groups in total. The van der Waals surface area contributed by atoms with E-state index >= 15 is 0 Å². The highest BCUT2D eigenvalue weighted by atomic mass is 16.5. The highest BCUT2D eigenvalue weighted by Gasteiger charge is 2.49. The van der Waals surface area contributed by atoms with E-state index in [1.807, 2.05) is 0 Å². The van der Waals surface area contributed by atoms with Crippen LogP contribution in [0, 0.1) is 0 Å². The van der Waals surface area contributed by atoms with E-state index in [9.17, 15) is 14.7 Å². The van der Waals surface area contributed by atoms with E-state index in [-0.39, 0.29) is 6.61 Å². The summed E-state index contributed by atoms with van der Waals surface area (Å²) in [5.74, 6) is -1.67. The first kappa shape index (κ1) is 14.6. The van der Waals surface area contributed by atoms with Crippen LogP contribution in [-0.2, 0) is 9.53 Å². The van der Waals surface area contributed by atoms with E-state index in [0.717, 1.165) is 0 Å². The van der Waals surface area contributed by atoms with Crippen molar-refractivity contribution < 1.29 is 19.4 Å². The van der Waals surface area contributed by atoms with Crippen LogP contribution in [0.4, 0.5) is 0 Å². The van der Waals surface area contributed by atoms with Crippen LogP contribution >= 0.6 is 0 Å². The van der Waals surface area contributed by atoms with Crippen molar-refractivity contribution in [3.05, 3.63) is 35.9 Å². The quantitative estimate of drug-likeness (QED) is 0.609. The highest BCUT2D eigenvalue weighted by molar-refractivity contribution is 6.15. The molecule has 2 atom stereocenters. The molecule has 0 saturated carbocycles. The Morgan fingerprint density at radius 3 is 2.60 bits per heavy atom. The van der Waals surface area contributed by atoms with Gasteiger partial charge < -0.3 is 15.6 Å². The van der Waals surface area contributed by atoms with Crippen molar-refractivity contribution in [1.29, 1.82) is 0 Å². The number of ketones is 1. The molecule has 20 heavy (non-hydrogen) atoms. The average molecular weight is 278 g/mol. The number of carbonyl (C=O) groups is 2. The molecule has 0 bridgehead atoms. The topological polar surface area (TPSA) is 92.9 Å². The maximum Gasteiger partial charge on any atom is 0.332 e. The zero-order valence-corrected chi connectivity index (χ0v) is 11.3.